The summed E-state index contributed by atoms with van der Waals surface area (Å²) in [6, 6.07) is 7.19. The minimum atomic E-state index is -0.106. The molecule has 1 atom stereocenters. The lowest BCUT2D eigenvalue weighted by Crippen LogP contribution is -2.31. The predicted octanol–water partition coefficient (Wildman–Crippen LogP) is 1.74. The third-order valence-corrected chi connectivity index (χ3v) is 4.05. The van der Waals surface area contributed by atoms with Gasteiger partial charge in [-0.1, -0.05) is 0 Å². The van der Waals surface area contributed by atoms with E-state index in [2.05, 4.69) is 20.8 Å². The standard InChI is InChI=1S/C17H23N5O3/c1-12(2)22-16(19-20-21-22)11-25-14-7-5-13(6-8-14)17(23)18-10-15-4-3-9-24-15/h5-8,12,15H,3-4,9-11H2,1-2H3,(H,18,23). The lowest BCUT2D eigenvalue weighted by molar-refractivity contribution is 0.0857. The van der Waals surface area contributed by atoms with Gasteiger partial charge >= 0.3 is 0 Å². The van der Waals surface area contributed by atoms with E-state index in [1.54, 1.807) is 28.9 Å². The molecule has 3 rings (SSSR count). The molecule has 0 saturated carbocycles. The molecule has 1 aromatic heterocycles. The Bertz CT molecular complexity index is 693. The number of hydrogen-bond acceptors (Lipinski definition) is 6. The van der Waals surface area contributed by atoms with Crippen LogP contribution < -0.4 is 10.1 Å². The molecule has 2 aromatic rings. The molecule has 1 unspecified atom stereocenters. The summed E-state index contributed by atoms with van der Waals surface area (Å²) >= 11 is 0. The van der Waals surface area contributed by atoms with E-state index in [0.29, 0.717) is 23.7 Å². The Balaban J connectivity index is 1.51. The van der Waals surface area contributed by atoms with Crippen LogP contribution in [-0.4, -0.2) is 45.4 Å². The number of nitrogens with one attached hydrogen (secondary N) is 1. The number of ether oxygens (including phenoxy) is 2. The van der Waals surface area contributed by atoms with Crippen LogP contribution in [0.5, 0.6) is 5.75 Å². The van der Waals surface area contributed by atoms with Crippen molar-refractivity contribution in [1.29, 1.82) is 0 Å². The van der Waals surface area contributed by atoms with Gasteiger partial charge in [0.1, 0.15) is 12.4 Å². The molecule has 0 spiro atoms. The second-order valence-corrected chi connectivity index (χ2v) is 6.29. The number of carbonyl (C=O) groups excluding carboxylic acids is 1. The van der Waals surface area contributed by atoms with Crippen molar-refractivity contribution in [2.24, 2.45) is 0 Å². The molecule has 8 heteroatoms. The summed E-state index contributed by atoms with van der Waals surface area (Å²) in [5.74, 6) is 1.22. The molecule has 1 aromatic carbocycles. The third-order valence-electron chi connectivity index (χ3n) is 4.05. The SMILES string of the molecule is CC(C)n1nnnc1COc1ccc(C(=O)NCC2CCCO2)cc1. The zero-order valence-corrected chi connectivity index (χ0v) is 14.5. The molecule has 8 nitrogen and oxygen atoms in total. The van der Waals surface area contributed by atoms with Gasteiger partial charge in [-0.3, -0.25) is 4.79 Å². The molecule has 1 fully saturated rings. The van der Waals surface area contributed by atoms with Gasteiger partial charge in [0.05, 0.1) is 12.1 Å². The summed E-state index contributed by atoms with van der Waals surface area (Å²) in [5.41, 5.74) is 0.595. The van der Waals surface area contributed by atoms with E-state index in [4.69, 9.17) is 9.47 Å². The second kappa shape index (κ2) is 8.06. The highest BCUT2D eigenvalue weighted by atomic mass is 16.5. The Morgan fingerprint density at radius 3 is 2.88 bits per heavy atom. The fourth-order valence-electron chi connectivity index (χ4n) is 2.67. The normalized spacial score (nSPS) is 17.0. The predicted molar refractivity (Wildman–Crippen MR) is 90.3 cm³/mol. The van der Waals surface area contributed by atoms with Gasteiger partial charge in [0.2, 0.25) is 0 Å². The van der Waals surface area contributed by atoms with Crippen molar-refractivity contribution in [1.82, 2.24) is 25.5 Å². The molecule has 25 heavy (non-hydrogen) atoms. The van der Waals surface area contributed by atoms with Gasteiger partial charge in [0.25, 0.3) is 5.91 Å². The largest absolute Gasteiger partial charge is 0.486 e. The highest BCUT2D eigenvalue weighted by molar-refractivity contribution is 5.94. The van der Waals surface area contributed by atoms with Crippen molar-refractivity contribution in [2.75, 3.05) is 13.2 Å². The molecule has 1 aliphatic rings. The summed E-state index contributed by atoms with van der Waals surface area (Å²) in [6.07, 6.45) is 2.20. The minimum absolute atomic E-state index is 0.106. The summed E-state index contributed by atoms with van der Waals surface area (Å²) in [7, 11) is 0. The van der Waals surface area contributed by atoms with E-state index in [9.17, 15) is 4.79 Å². The first-order chi connectivity index (χ1) is 12.1. The first-order valence-electron chi connectivity index (χ1n) is 8.53. The van der Waals surface area contributed by atoms with E-state index in [-0.39, 0.29) is 24.7 Å². The van der Waals surface area contributed by atoms with Gasteiger partial charge in [-0.25, -0.2) is 4.68 Å². The van der Waals surface area contributed by atoms with Gasteiger partial charge in [0, 0.05) is 18.7 Å². The Hall–Kier alpha value is -2.48. The molecule has 1 amide bonds. The summed E-state index contributed by atoms with van der Waals surface area (Å²) in [5, 5.41) is 14.5. The van der Waals surface area contributed by atoms with Crippen LogP contribution in [0.1, 0.15) is 48.9 Å². The Morgan fingerprint density at radius 2 is 2.20 bits per heavy atom. The van der Waals surface area contributed by atoms with E-state index in [0.717, 1.165) is 19.4 Å². The van der Waals surface area contributed by atoms with Crippen LogP contribution in [0.15, 0.2) is 24.3 Å². The Kier molecular flexibility index (Phi) is 5.60. The van der Waals surface area contributed by atoms with Gasteiger partial charge in [0.15, 0.2) is 5.82 Å². The summed E-state index contributed by atoms with van der Waals surface area (Å²) in [6.45, 7) is 5.62. The topological polar surface area (TPSA) is 91.2 Å². The van der Waals surface area contributed by atoms with Gasteiger partial charge in [-0.15, -0.1) is 5.10 Å². The lowest BCUT2D eigenvalue weighted by atomic mass is 10.2. The molecule has 134 valence electrons. The number of tetrazole rings is 1. The van der Waals surface area contributed by atoms with Crippen molar-refractivity contribution >= 4 is 5.91 Å². The van der Waals surface area contributed by atoms with Crippen LogP contribution in [0.2, 0.25) is 0 Å². The third kappa shape index (κ3) is 4.54. The molecule has 2 heterocycles. The van der Waals surface area contributed by atoms with E-state index >= 15 is 0 Å². The molecule has 1 saturated heterocycles. The average Bonchev–Trinajstić information content (AvgIpc) is 3.29. The molecule has 1 aliphatic heterocycles. The number of hydrogen-bond donors (Lipinski definition) is 1. The van der Waals surface area contributed by atoms with Crippen LogP contribution in [0.3, 0.4) is 0 Å². The van der Waals surface area contributed by atoms with Crippen molar-refractivity contribution in [2.45, 2.75) is 45.4 Å². The van der Waals surface area contributed by atoms with Crippen LogP contribution in [0.25, 0.3) is 0 Å². The van der Waals surface area contributed by atoms with Crippen molar-refractivity contribution in [3.63, 3.8) is 0 Å². The fourth-order valence-corrected chi connectivity index (χ4v) is 2.67. The number of nitrogens with zero attached hydrogens (tertiary/aromatic N) is 4. The number of rotatable bonds is 7. The summed E-state index contributed by atoms with van der Waals surface area (Å²) < 4.78 is 12.9. The fraction of sp³-hybridized carbons (Fsp3) is 0.529. The molecule has 0 aliphatic carbocycles. The minimum Gasteiger partial charge on any atom is -0.486 e. The lowest BCUT2D eigenvalue weighted by Gasteiger charge is -2.11. The molecule has 1 N–H and O–H groups in total. The molecule has 0 radical (unpaired) electrons. The molecule has 0 bridgehead atoms. The van der Waals surface area contributed by atoms with Gasteiger partial charge < -0.3 is 14.8 Å². The van der Waals surface area contributed by atoms with Crippen molar-refractivity contribution < 1.29 is 14.3 Å². The monoisotopic (exact) mass is 345 g/mol. The van der Waals surface area contributed by atoms with Crippen LogP contribution in [0.4, 0.5) is 0 Å². The van der Waals surface area contributed by atoms with Crippen LogP contribution in [0, 0.1) is 0 Å². The van der Waals surface area contributed by atoms with Crippen molar-refractivity contribution in [3.8, 4) is 5.75 Å². The first kappa shape index (κ1) is 17.3. The van der Waals surface area contributed by atoms with Crippen LogP contribution in [-0.2, 0) is 11.3 Å². The zero-order chi connectivity index (χ0) is 17.6. The average molecular weight is 345 g/mol. The number of amides is 1. The number of carbonyl (C=O) groups is 1. The maximum atomic E-state index is 12.1. The van der Waals surface area contributed by atoms with E-state index in [1.165, 1.54) is 0 Å². The highest BCUT2D eigenvalue weighted by Crippen LogP contribution is 2.15. The number of benzene rings is 1. The maximum absolute atomic E-state index is 12.1. The van der Waals surface area contributed by atoms with Crippen molar-refractivity contribution in [3.05, 3.63) is 35.7 Å². The molecular weight excluding hydrogens is 322 g/mol. The Labute approximate surface area is 146 Å². The Morgan fingerprint density at radius 1 is 1.40 bits per heavy atom. The number of aromatic nitrogens is 4. The summed E-state index contributed by atoms with van der Waals surface area (Å²) in [4.78, 5) is 12.1. The van der Waals surface area contributed by atoms with Gasteiger partial charge in [-0.05, 0) is 61.4 Å². The highest BCUT2D eigenvalue weighted by Gasteiger charge is 2.16. The quantitative estimate of drug-likeness (QED) is 0.822. The first-order valence-corrected chi connectivity index (χ1v) is 8.53. The van der Waals surface area contributed by atoms with E-state index in [1.807, 2.05) is 13.8 Å². The van der Waals surface area contributed by atoms with E-state index < -0.39 is 0 Å². The van der Waals surface area contributed by atoms with Crippen LogP contribution >= 0.6 is 0 Å². The zero-order valence-electron chi connectivity index (χ0n) is 14.5. The smallest absolute Gasteiger partial charge is 0.251 e. The maximum Gasteiger partial charge on any atom is 0.251 e. The molecular formula is C17H23N5O3. The van der Waals surface area contributed by atoms with Gasteiger partial charge in [-0.2, -0.15) is 0 Å². The second-order valence-electron chi connectivity index (χ2n) is 6.29.